The molecule has 4 heteroatoms. The highest BCUT2D eigenvalue weighted by Gasteiger charge is 2.13. The van der Waals surface area contributed by atoms with Crippen LogP contribution in [0.2, 0.25) is 5.02 Å². The lowest BCUT2D eigenvalue weighted by atomic mass is 10.3. The van der Waals surface area contributed by atoms with Gasteiger partial charge in [0.2, 0.25) is 0 Å². The fourth-order valence-corrected chi connectivity index (χ4v) is 3.58. The van der Waals surface area contributed by atoms with Gasteiger partial charge in [-0.2, -0.15) is 0 Å². The topological polar surface area (TPSA) is 17.1 Å². The van der Waals surface area contributed by atoms with Crippen LogP contribution in [0.25, 0.3) is 9.40 Å². The van der Waals surface area contributed by atoms with Crippen LogP contribution in [-0.4, -0.2) is 5.78 Å². The fourth-order valence-electron chi connectivity index (χ4n) is 1.02. The normalized spacial score (nSPS) is 10.8. The maximum absolute atomic E-state index is 11.1. The average molecular weight is 217 g/mol. The van der Waals surface area contributed by atoms with E-state index in [1.165, 1.54) is 11.3 Å². The zero-order valence-electron chi connectivity index (χ0n) is 6.26. The second-order valence-corrected chi connectivity index (χ2v) is 5.00. The summed E-state index contributed by atoms with van der Waals surface area (Å²) < 4.78 is 1.13. The number of hydrogen-bond acceptors (Lipinski definition) is 3. The molecule has 0 fully saturated rings. The summed E-state index contributed by atoms with van der Waals surface area (Å²) in [6.45, 7) is 1.54. The number of Topliss-reactive ketones (excluding diaryl/α,β-unsaturated/α-hetero) is 1. The molecular formula is C8H5ClOS2. The maximum atomic E-state index is 11.1. The third-order valence-corrected chi connectivity index (χ3v) is 4.43. The second-order valence-electron chi connectivity index (χ2n) is 2.42. The van der Waals surface area contributed by atoms with Crippen molar-refractivity contribution in [2.45, 2.75) is 6.92 Å². The molecule has 0 aliphatic rings. The molecule has 2 aromatic rings. The van der Waals surface area contributed by atoms with Crippen molar-refractivity contribution >= 4 is 49.5 Å². The van der Waals surface area contributed by atoms with Crippen molar-refractivity contribution in [2.24, 2.45) is 0 Å². The molecule has 0 aromatic carbocycles. The molecule has 0 atom stereocenters. The number of hydrogen-bond donors (Lipinski definition) is 0. The highest BCUT2D eigenvalue weighted by molar-refractivity contribution is 7.38. The van der Waals surface area contributed by atoms with Crippen LogP contribution in [0.3, 0.4) is 0 Å². The van der Waals surface area contributed by atoms with Gasteiger partial charge in [-0.05, 0) is 11.4 Å². The summed E-state index contributed by atoms with van der Waals surface area (Å²) in [5, 5.41) is 3.61. The van der Waals surface area contributed by atoms with Gasteiger partial charge in [0.05, 0.1) is 13.9 Å². The summed E-state index contributed by atoms with van der Waals surface area (Å²) in [5.41, 5.74) is 0. The van der Waals surface area contributed by atoms with Gasteiger partial charge in [0.1, 0.15) is 0 Å². The van der Waals surface area contributed by atoms with Crippen LogP contribution < -0.4 is 0 Å². The van der Waals surface area contributed by atoms with Crippen molar-refractivity contribution in [3.05, 3.63) is 21.3 Å². The smallest absolute Gasteiger partial charge is 0.171 e. The highest BCUT2D eigenvalue weighted by Crippen LogP contribution is 2.38. The molecule has 0 saturated heterocycles. The predicted molar refractivity (Wildman–Crippen MR) is 54.7 cm³/mol. The number of ketones is 1. The molecule has 0 radical (unpaired) electrons. The SMILES string of the molecule is CC(=O)c1sc2sccc2c1Cl. The van der Waals surface area contributed by atoms with Gasteiger partial charge in [-0.15, -0.1) is 22.7 Å². The van der Waals surface area contributed by atoms with E-state index < -0.39 is 0 Å². The maximum Gasteiger partial charge on any atom is 0.171 e. The van der Waals surface area contributed by atoms with Gasteiger partial charge in [0.15, 0.2) is 5.78 Å². The van der Waals surface area contributed by atoms with E-state index in [-0.39, 0.29) is 5.78 Å². The van der Waals surface area contributed by atoms with E-state index in [0.29, 0.717) is 9.90 Å². The van der Waals surface area contributed by atoms with E-state index in [1.807, 2.05) is 11.4 Å². The molecule has 1 nitrogen and oxygen atoms in total. The first kappa shape index (κ1) is 8.23. The van der Waals surface area contributed by atoms with E-state index in [4.69, 9.17) is 11.6 Å². The molecule has 12 heavy (non-hydrogen) atoms. The van der Waals surface area contributed by atoms with Crippen molar-refractivity contribution in [1.82, 2.24) is 0 Å². The number of fused-ring (bicyclic) bond motifs is 1. The van der Waals surface area contributed by atoms with Gasteiger partial charge >= 0.3 is 0 Å². The number of thiophene rings is 2. The molecule has 0 spiro atoms. The van der Waals surface area contributed by atoms with Crippen LogP contribution >= 0.6 is 34.3 Å². The molecular weight excluding hydrogens is 212 g/mol. The Morgan fingerprint density at radius 1 is 1.58 bits per heavy atom. The first-order valence-corrected chi connectivity index (χ1v) is 5.44. The third-order valence-electron chi connectivity index (χ3n) is 1.58. The quantitative estimate of drug-likeness (QED) is 0.663. The largest absolute Gasteiger partial charge is 0.294 e. The van der Waals surface area contributed by atoms with E-state index >= 15 is 0 Å². The Morgan fingerprint density at radius 3 is 2.92 bits per heavy atom. The van der Waals surface area contributed by atoms with Gasteiger partial charge in [0, 0.05) is 12.3 Å². The summed E-state index contributed by atoms with van der Waals surface area (Å²) in [6, 6.07) is 1.95. The first-order chi connectivity index (χ1) is 5.70. The Kier molecular flexibility index (Phi) is 1.94. The summed E-state index contributed by atoms with van der Waals surface area (Å²) in [5.74, 6) is 0.0494. The van der Waals surface area contributed by atoms with E-state index in [2.05, 4.69) is 0 Å². The van der Waals surface area contributed by atoms with Crippen molar-refractivity contribution < 1.29 is 4.79 Å². The third kappa shape index (κ3) is 1.09. The van der Waals surface area contributed by atoms with Crippen molar-refractivity contribution in [1.29, 1.82) is 0 Å². The molecule has 0 unspecified atom stereocenters. The second kappa shape index (κ2) is 2.83. The standard InChI is InChI=1S/C8H5ClOS2/c1-4(10)7-6(9)5-2-3-11-8(5)12-7/h2-3H,1H3. The Morgan fingerprint density at radius 2 is 2.33 bits per heavy atom. The molecule has 2 aromatic heterocycles. The van der Waals surface area contributed by atoms with Gasteiger partial charge in [0.25, 0.3) is 0 Å². The predicted octanol–water partition coefficient (Wildman–Crippen LogP) is 3.82. The Balaban J connectivity index is 2.78. The summed E-state index contributed by atoms with van der Waals surface area (Å²) in [4.78, 5) is 11.7. The number of carbonyl (C=O) groups is 1. The van der Waals surface area contributed by atoms with Gasteiger partial charge in [-0.3, -0.25) is 4.79 Å². The van der Waals surface area contributed by atoms with Crippen LogP contribution in [0.5, 0.6) is 0 Å². The van der Waals surface area contributed by atoms with Crippen LogP contribution in [0.4, 0.5) is 0 Å². The summed E-state index contributed by atoms with van der Waals surface area (Å²) in [7, 11) is 0. The minimum Gasteiger partial charge on any atom is -0.294 e. The zero-order valence-corrected chi connectivity index (χ0v) is 8.65. The Hall–Kier alpha value is -0.380. The van der Waals surface area contributed by atoms with Gasteiger partial charge in [-0.1, -0.05) is 11.6 Å². The lowest BCUT2D eigenvalue weighted by molar-refractivity contribution is 0.102. The average Bonchev–Trinajstić information content (AvgIpc) is 2.53. The van der Waals surface area contributed by atoms with Gasteiger partial charge < -0.3 is 0 Å². The lowest BCUT2D eigenvalue weighted by Gasteiger charge is -1.87. The minimum atomic E-state index is 0.0494. The van der Waals surface area contributed by atoms with Crippen LogP contribution in [-0.2, 0) is 0 Å². The van der Waals surface area contributed by atoms with E-state index in [0.717, 1.165) is 9.40 Å². The number of rotatable bonds is 1. The summed E-state index contributed by atoms with van der Waals surface area (Å²) >= 11 is 9.09. The molecule has 0 aliphatic carbocycles. The van der Waals surface area contributed by atoms with E-state index in [9.17, 15) is 4.79 Å². The van der Waals surface area contributed by atoms with Crippen LogP contribution in [0, 0.1) is 0 Å². The summed E-state index contributed by atoms with van der Waals surface area (Å²) in [6.07, 6.45) is 0. The lowest BCUT2D eigenvalue weighted by Crippen LogP contribution is -1.85. The van der Waals surface area contributed by atoms with Gasteiger partial charge in [-0.25, -0.2) is 0 Å². The molecule has 2 rings (SSSR count). The van der Waals surface area contributed by atoms with Crippen molar-refractivity contribution in [3.8, 4) is 0 Å². The van der Waals surface area contributed by atoms with Crippen molar-refractivity contribution in [2.75, 3.05) is 0 Å². The number of halogens is 1. The Bertz CT molecular complexity index is 441. The minimum absolute atomic E-state index is 0.0494. The van der Waals surface area contributed by atoms with Crippen molar-refractivity contribution in [3.63, 3.8) is 0 Å². The zero-order chi connectivity index (χ0) is 8.72. The molecule has 0 bridgehead atoms. The van der Waals surface area contributed by atoms with E-state index in [1.54, 1.807) is 18.3 Å². The Labute approximate surface area is 82.6 Å². The molecule has 0 aliphatic heterocycles. The molecule has 62 valence electrons. The molecule has 0 amide bonds. The van der Waals surface area contributed by atoms with Crippen LogP contribution in [0.15, 0.2) is 11.4 Å². The molecule has 0 N–H and O–H groups in total. The monoisotopic (exact) mass is 216 g/mol. The first-order valence-electron chi connectivity index (χ1n) is 3.36. The number of carbonyl (C=O) groups excluding carboxylic acids is 1. The highest BCUT2D eigenvalue weighted by atomic mass is 35.5. The fraction of sp³-hybridized carbons (Fsp3) is 0.125. The molecule has 0 saturated carbocycles. The van der Waals surface area contributed by atoms with Crippen LogP contribution in [0.1, 0.15) is 16.6 Å². The molecule has 2 heterocycles.